The molecule has 2 aromatic rings. The van der Waals surface area contributed by atoms with Crippen LogP contribution in [0.4, 0.5) is 13.2 Å². The molecule has 1 amide bonds. The number of hydrogen-bond acceptors (Lipinski definition) is 4. The van der Waals surface area contributed by atoms with Crippen LogP contribution in [0.3, 0.4) is 0 Å². The molecule has 1 heterocycles. The Balaban J connectivity index is 2.22. The van der Waals surface area contributed by atoms with Gasteiger partial charge in [-0.2, -0.15) is 13.2 Å². The van der Waals surface area contributed by atoms with Crippen LogP contribution in [0.25, 0.3) is 0 Å². The van der Waals surface area contributed by atoms with E-state index in [0.717, 1.165) is 18.0 Å². The summed E-state index contributed by atoms with van der Waals surface area (Å²) in [5.74, 6) is -0.898. The number of benzene rings is 1. The summed E-state index contributed by atoms with van der Waals surface area (Å²) >= 11 is 6.77. The maximum atomic E-state index is 13.0. The SMILES string of the molecule is CSc1ncc(C(=O)NCc2cccc(Cl)c2)c(C(F)(F)F)n1. The minimum Gasteiger partial charge on any atom is -0.348 e. The van der Waals surface area contributed by atoms with E-state index in [1.54, 1.807) is 30.5 Å². The molecule has 4 nitrogen and oxygen atoms in total. The van der Waals surface area contributed by atoms with Gasteiger partial charge in [0, 0.05) is 17.8 Å². The highest BCUT2D eigenvalue weighted by Crippen LogP contribution is 2.31. The largest absolute Gasteiger partial charge is 0.434 e. The topological polar surface area (TPSA) is 54.9 Å². The summed E-state index contributed by atoms with van der Waals surface area (Å²) in [4.78, 5) is 19.2. The minimum absolute atomic E-state index is 0.0426. The van der Waals surface area contributed by atoms with E-state index in [9.17, 15) is 18.0 Å². The fraction of sp³-hybridized carbons (Fsp3) is 0.214. The molecule has 0 radical (unpaired) electrons. The maximum absolute atomic E-state index is 13.0. The van der Waals surface area contributed by atoms with Gasteiger partial charge in [-0.1, -0.05) is 35.5 Å². The zero-order valence-corrected chi connectivity index (χ0v) is 13.4. The molecule has 0 spiro atoms. The average Bonchev–Trinajstić information content (AvgIpc) is 2.51. The van der Waals surface area contributed by atoms with Gasteiger partial charge in [-0.25, -0.2) is 9.97 Å². The Kier molecular flexibility index (Phi) is 5.48. The summed E-state index contributed by atoms with van der Waals surface area (Å²) in [5.41, 5.74) is -1.20. The summed E-state index contributed by atoms with van der Waals surface area (Å²) in [6.45, 7) is 0.0426. The molecule has 0 unspecified atom stereocenters. The molecule has 0 fully saturated rings. The van der Waals surface area contributed by atoms with Gasteiger partial charge in [0.25, 0.3) is 5.91 Å². The van der Waals surface area contributed by atoms with E-state index in [1.165, 1.54) is 0 Å². The second-order valence-corrected chi connectivity index (χ2v) is 5.64. The minimum atomic E-state index is -4.74. The summed E-state index contributed by atoms with van der Waals surface area (Å²) in [6.07, 6.45) is -2.31. The van der Waals surface area contributed by atoms with Crippen LogP contribution in [-0.2, 0) is 12.7 Å². The van der Waals surface area contributed by atoms with Gasteiger partial charge < -0.3 is 5.32 Å². The van der Waals surface area contributed by atoms with Crippen molar-refractivity contribution >= 4 is 29.3 Å². The number of amides is 1. The van der Waals surface area contributed by atoms with E-state index in [1.807, 2.05) is 0 Å². The summed E-state index contributed by atoms with van der Waals surface area (Å²) in [7, 11) is 0. The second kappa shape index (κ2) is 7.18. The number of carbonyl (C=O) groups excluding carboxylic acids is 1. The number of alkyl halides is 3. The molecule has 0 aliphatic rings. The highest BCUT2D eigenvalue weighted by Gasteiger charge is 2.38. The van der Waals surface area contributed by atoms with Crippen LogP contribution in [0.2, 0.25) is 5.02 Å². The van der Waals surface area contributed by atoms with E-state index in [-0.39, 0.29) is 11.7 Å². The van der Waals surface area contributed by atoms with E-state index in [2.05, 4.69) is 15.3 Å². The van der Waals surface area contributed by atoms with Gasteiger partial charge in [-0.15, -0.1) is 0 Å². The van der Waals surface area contributed by atoms with Crippen LogP contribution < -0.4 is 5.32 Å². The molecule has 0 aliphatic heterocycles. The Bertz CT molecular complexity index is 725. The number of nitrogens with one attached hydrogen (secondary N) is 1. The van der Waals surface area contributed by atoms with Gasteiger partial charge >= 0.3 is 6.18 Å². The fourth-order valence-corrected chi connectivity index (χ4v) is 2.32. The lowest BCUT2D eigenvalue weighted by Crippen LogP contribution is -2.27. The Hall–Kier alpha value is -1.80. The second-order valence-electron chi connectivity index (χ2n) is 4.43. The zero-order chi connectivity index (χ0) is 17.0. The van der Waals surface area contributed by atoms with Crippen molar-refractivity contribution in [3.63, 3.8) is 0 Å². The smallest absolute Gasteiger partial charge is 0.348 e. The Labute approximate surface area is 139 Å². The van der Waals surface area contributed by atoms with Crippen LogP contribution in [0.1, 0.15) is 21.6 Å². The van der Waals surface area contributed by atoms with Crippen LogP contribution in [-0.4, -0.2) is 22.1 Å². The number of nitrogens with zero attached hydrogens (tertiary/aromatic N) is 2. The molecule has 9 heteroatoms. The summed E-state index contributed by atoms with van der Waals surface area (Å²) in [6, 6.07) is 6.65. The molecule has 2 rings (SSSR count). The van der Waals surface area contributed by atoms with Crippen molar-refractivity contribution in [2.75, 3.05) is 6.26 Å². The summed E-state index contributed by atoms with van der Waals surface area (Å²) in [5, 5.41) is 2.83. The Morgan fingerprint density at radius 3 is 2.74 bits per heavy atom. The van der Waals surface area contributed by atoms with Crippen LogP contribution >= 0.6 is 23.4 Å². The Morgan fingerprint density at radius 1 is 1.39 bits per heavy atom. The number of aromatic nitrogens is 2. The first-order valence-electron chi connectivity index (χ1n) is 6.32. The van der Waals surface area contributed by atoms with E-state index < -0.39 is 23.3 Å². The van der Waals surface area contributed by atoms with Crippen molar-refractivity contribution in [2.24, 2.45) is 0 Å². The van der Waals surface area contributed by atoms with E-state index in [0.29, 0.717) is 10.6 Å². The predicted octanol–water partition coefficient (Wildman–Crippen LogP) is 3.80. The average molecular weight is 362 g/mol. The molecule has 0 bridgehead atoms. The molecule has 0 saturated carbocycles. The van der Waals surface area contributed by atoms with Crippen molar-refractivity contribution in [1.29, 1.82) is 0 Å². The first-order valence-corrected chi connectivity index (χ1v) is 7.92. The molecule has 23 heavy (non-hydrogen) atoms. The Morgan fingerprint density at radius 2 is 2.13 bits per heavy atom. The molecular formula is C14H11ClF3N3OS. The van der Waals surface area contributed by atoms with Gasteiger partial charge in [-0.3, -0.25) is 4.79 Å². The quantitative estimate of drug-likeness (QED) is 0.664. The predicted molar refractivity (Wildman–Crippen MR) is 81.4 cm³/mol. The first kappa shape index (κ1) is 17.6. The van der Waals surface area contributed by atoms with Crippen LogP contribution in [0, 0.1) is 0 Å². The normalized spacial score (nSPS) is 11.3. The lowest BCUT2D eigenvalue weighted by atomic mass is 10.2. The first-order chi connectivity index (χ1) is 10.8. The third-order valence-corrected chi connectivity index (χ3v) is 3.60. The highest BCUT2D eigenvalue weighted by molar-refractivity contribution is 7.98. The van der Waals surface area contributed by atoms with Crippen LogP contribution in [0.5, 0.6) is 0 Å². The molecule has 1 aromatic heterocycles. The van der Waals surface area contributed by atoms with Gasteiger partial charge in [-0.05, 0) is 24.0 Å². The molecule has 0 saturated heterocycles. The number of halogens is 4. The van der Waals surface area contributed by atoms with Crippen molar-refractivity contribution in [2.45, 2.75) is 17.9 Å². The van der Waals surface area contributed by atoms with Gasteiger partial charge in [0.2, 0.25) is 0 Å². The highest BCUT2D eigenvalue weighted by atomic mass is 35.5. The van der Waals surface area contributed by atoms with Crippen LogP contribution in [0.15, 0.2) is 35.6 Å². The lowest BCUT2D eigenvalue weighted by Gasteiger charge is -2.12. The number of thioether (sulfide) groups is 1. The molecular weight excluding hydrogens is 351 g/mol. The fourth-order valence-electron chi connectivity index (χ4n) is 1.77. The third kappa shape index (κ3) is 4.59. The third-order valence-electron chi connectivity index (χ3n) is 2.80. The molecule has 0 atom stereocenters. The molecule has 1 aromatic carbocycles. The van der Waals surface area contributed by atoms with Crippen molar-refractivity contribution in [3.05, 3.63) is 52.3 Å². The van der Waals surface area contributed by atoms with Gasteiger partial charge in [0.1, 0.15) is 0 Å². The number of carbonyl (C=O) groups is 1. The molecule has 122 valence electrons. The number of hydrogen-bond donors (Lipinski definition) is 1. The molecule has 0 aliphatic carbocycles. The summed E-state index contributed by atoms with van der Waals surface area (Å²) < 4.78 is 39.1. The number of rotatable bonds is 4. The van der Waals surface area contributed by atoms with Crippen molar-refractivity contribution < 1.29 is 18.0 Å². The monoisotopic (exact) mass is 361 g/mol. The van der Waals surface area contributed by atoms with Gasteiger partial charge in [0.15, 0.2) is 10.9 Å². The van der Waals surface area contributed by atoms with E-state index in [4.69, 9.17) is 11.6 Å². The van der Waals surface area contributed by atoms with Gasteiger partial charge in [0.05, 0.1) is 5.56 Å². The lowest BCUT2D eigenvalue weighted by molar-refractivity contribution is -0.142. The maximum Gasteiger partial charge on any atom is 0.434 e. The zero-order valence-electron chi connectivity index (χ0n) is 11.8. The van der Waals surface area contributed by atoms with Crippen molar-refractivity contribution in [3.8, 4) is 0 Å². The standard InChI is InChI=1S/C14H11ClF3N3OS/c1-23-13-20-7-10(11(21-13)14(16,17)18)12(22)19-6-8-3-2-4-9(15)5-8/h2-5,7H,6H2,1H3,(H,19,22). The van der Waals surface area contributed by atoms with Crippen molar-refractivity contribution in [1.82, 2.24) is 15.3 Å². The molecule has 1 N–H and O–H groups in total. The van der Waals surface area contributed by atoms with E-state index >= 15 is 0 Å².